The fraction of sp³-hybridized carbons (Fsp3) is 0.222. The summed E-state index contributed by atoms with van der Waals surface area (Å²) in [5.41, 5.74) is -1.92. The maximum Gasteiger partial charge on any atom is 1.00 e. The minimum atomic E-state index is -4.67. The van der Waals surface area contributed by atoms with Crippen LogP contribution >= 0.6 is 0 Å². The molecule has 1 rings (SSSR count). The van der Waals surface area contributed by atoms with Gasteiger partial charge in [-0.3, -0.25) is 0 Å². The first-order valence-electron chi connectivity index (χ1n) is 3.72. The summed E-state index contributed by atoms with van der Waals surface area (Å²) in [5, 5.41) is 10.5. The van der Waals surface area contributed by atoms with Crippen molar-refractivity contribution in [2.75, 3.05) is 0 Å². The van der Waals surface area contributed by atoms with E-state index in [1.165, 1.54) is 13.0 Å². The average molecular weight is 226 g/mol. The zero-order chi connectivity index (χ0) is 10.9. The number of carboxylic acids is 1. The average Bonchev–Trinajstić information content (AvgIpc) is 2.01. The minimum absolute atomic E-state index is 0. The van der Waals surface area contributed by atoms with Crippen LogP contribution in [-0.2, 0) is 6.18 Å². The number of benzene rings is 1. The molecular formula is C9H6F3NaO2. The molecule has 0 aliphatic carbocycles. The summed E-state index contributed by atoms with van der Waals surface area (Å²) in [5.74, 6) is -1.81. The van der Waals surface area contributed by atoms with Gasteiger partial charge in [0, 0.05) is 5.56 Å². The molecule has 1 aromatic carbocycles. The molecule has 0 atom stereocenters. The Hall–Kier alpha value is -0.520. The van der Waals surface area contributed by atoms with Crippen molar-refractivity contribution in [3.05, 3.63) is 34.9 Å². The van der Waals surface area contributed by atoms with E-state index in [2.05, 4.69) is 0 Å². The SMILES string of the molecule is Cc1cccc(C(F)(F)F)c1C(=O)[O-].[Na+]. The fourth-order valence-corrected chi connectivity index (χ4v) is 1.17. The topological polar surface area (TPSA) is 40.1 Å². The van der Waals surface area contributed by atoms with Gasteiger partial charge in [0.15, 0.2) is 0 Å². The number of hydrogen-bond acceptors (Lipinski definition) is 2. The second-order valence-electron chi connectivity index (χ2n) is 2.78. The van der Waals surface area contributed by atoms with Crippen LogP contribution in [0, 0.1) is 6.92 Å². The number of alkyl halides is 3. The molecule has 0 saturated carbocycles. The summed E-state index contributed by atoms with van der Waals surface area (Å²) in [6.45, 7) is 1.29. The van der Waals surface area contributed by atoms with Crippen molar-refractivity contribution >= 4 is 5.97 Å². The van der Waals surface area contributed by atoms with Gasteiger partial charge in [-0.15, -0.1) is 0 Å². The maximum atomic E-state index is 12.3. The van der Waals surface area contributed by atoms with Gasteiger partial charge in [-0.05, 0) is 18.6 Å². The normalized spacial score (nSPS) is 10.7. The van der Waals surface area contributed by atoms with E-state index in [1.807, 2.05) is 0 Å². The Morgan fingerprint density at radius 1 is 1.33 bits per heavy atom. The monoisotopic (exact) mass is 226 g/mol. The molecule has 15 heavy (non-hydrogen) atoms. The first-order valence-corrected chi connectivity index (χ1v) is 3.72. The van der Waals surface area contributed by atoms with Gasteiger partial charge in [-0.25, -0.2) is 0 Å². The molecule has 0 saturated heterocycles. The van der Waals surface area contributed by atoms with E-state index >= 15 is 0 Å². The quantitative estimate of drug-likeness (QED) is 0.540. The molecule has 0 spiro atoms. The van der Waals surface area contributed by atoms with Gasteiger partial charge in [-0.2, -0.15) is 13.2 Å². The predicted octanol–water partition coefficient (Wildman–Crippen LogP) is -1.62. The Kier molecular flexibility index (Phi) is 4.83. The summed E-state index contributed by atoms with van der Waals surface area (Å²) in [6, 6.07) is 3.17. The molecule has 76 valence electrons. The van der Waals surface area contributed by atoms with Crippen LogP contribution in [-0.4, -0.2) is 5.97 Å². The first-order chi connectivity index (χ1) is 6.34. The third-order valence-corrected chi connectivity index (χ3v) is 1.78. The number of hydrogen-bond donors (Lipinski definition) is 0. The van der Waals surface area contributed by atoms with E-state index in [4.69, 9.17) is 0 Å². The molecule has 0 aromatic heterocycles. The Bertz CT molecular complexity index is 374. The van der Waals surface area contributed by atoms with Gasteiger partial charge >= 0.3 is 35.7 Å². The van der Waals surface area contributed by atoms with Crippen molar-refractivity contribution in [1.29, 1.82) is 0 Å². The van der Waals surface area contributed by atoms with Crippen molar-refractivity contribution in [3.8, 4) is 0 Å². The van der Waals surface area contributed by atoms with Gasteiger partial charge < -0.3 is 9.90 Å². The second kappa shape index (κ2) is 5.01. The van der Waals surface area contributed by atoms with E-state index in [0.717, 1.165) is 12.1 Å². The number of aryl methyl sites for hydroxylation is 1. The van der Waals surface area contributed by atoms with E-state index in [-0.39, 0.29) is 35.1 Å². The van der Waals surface area contributed by atoms with E-state index < -0.39 is 23.3 Å². The van der Waals surface area contributed by atoms with Gasteiger partial charge in [0.2, 0.25) is 0 Å². The summed E-state index contributed by atoms with van der Waals surface area (Å²) in [4.78, 5) is 10.5. The first kappa shape index (κ1) is 14.5. The standard InChI is InChI=1S/C9H7F3O2.Na/c1-5-3-2-4-6(9(10,11)12)7(5)8(13)14;/h2-4H,1H3,(H,13,14);/q;+1/p-1. The van der Waals surface area contributed by atoms with Crippen molar-refractivity contribution in [3.63, 3.8) is 0 Å². The van der Waals surface area contributed by atoms with Gasteiger partial charge in [0.05, 0.1) is 11.5 Å². The molecule has 0 amide bonds. The van der Waals surface area contributed by atoms with Gasteiger partial charge in [-0.1, -0.05) is 12.1 Å². The van der Waals surface area contributed by atoms with Crippen LogP contribution in [0.4, 0.5) is 13.2 Å². The largest absolute Gasteiger partial charge is 1.00 e. The minimum Gasteiger partial charge on any atom is -0.545 e. The summed E-state index contributed by atoms with van der Waals surface area (Å²) < 4.78 is 36.9. The number of halogens is 3. The molecule has 0 N–H and O–H groups in total. The molecular weight excluding hydrogens is 220 g/mol. The molecule has 0 unspecified atom stereocenters. The number of rotatable bonds is 1. The Morgan fingerprint density at radius 3 is 2.20 bits per heavy atom. The summed E-state index contributed by atoms with van der Waals surface area (Å²) in [6.07, 6.45) is -4.67. The molecule has 0 heterocycles. The molecule has 0 fully saturated rings. The van der Waals surface area contributed by atoms with Crippen LogP contribution in [0.25, 0.3) is 0 Å². The molecule has 1 aromatic rings. The second-order valence-corrected chi connectivity index (χ2v) is 2.78. The number of carbonyl (C=O) groups excluding carboxylic acids is 1. The molecule has 2 nitrogen and oxygen atoms in total. The molecule has 0 aliphatic heterocycles. The molecule has 6 heteroatoms. The Morgan fingerprint density at radius 2 is 1.87 bits per heavy atom. The van der Waals surface area contributed by atoms with Crippen molar-refractivity contribution in [2.45, 2.75) is 13.1 Å². The van der Waals surface area contributed by atoms with Crippen LogP contribution in [0.3, 0.4) is 0 Å². The van der Waals surface area contributed by atoms with Crippen molar-refractivity contribution in [2.24, 2.45) is 0 Å². The zero-order valence-electron chi connectivity index (χ0n) is 8.18. The van der Waals surface area contributed by atoms with E-state index in [9.17, 15) is 23.1 Å². The fourth-order valence-electron chi connectivity index (χ4n) is 1.17. The third kappa shape index (κ3) is 3.22. The zero-order valence-corrected chi connectivity index (χ0v) is 10.2. The third-order valence-electron chi connectivity index (χ3n) is 1.78. The Balaban J connectivity index is 0.00000196. The van der Waals surface area contributed by atoms with Crippen LogP contribution < -0.4 is 34.7 Å². The van der Waals surface area contributed by atoms with Gasteiger partial charge in [0.1, 0.15) is 0 Å². The molecule has 0 bridgehead atoms. The van der Waals surface area contributed by atoms with Crippen molar-refractivity contribution < 1.29 is 52.6 Å². The van der Waals surface area contributed by atoms with E-state index in [0.29, 0.717) is 0 Å². The number of carboxylic acid groups (broad SMARTS) is 1. The molecule has 0 radical (unpaired) electrons. The smallest absolute Gasteiger partial charge is 0.545 e. The maximum absolute atomic E-state index is 12.3. The predicted molar refractivity (Wildman–Crippen MR) is 40.5 cm³/mol. The Labute approximate surface area is 106 Å². The molecule has 0 aliphatic rings. The van der Waals surface area contributed by atoms with Crippen molar-refractivity contribution in [1.82, 2.24) is 0 Å². The van der Waals surface area contributed by atoms with Crippen LogP contribution in [0.5, 0.6) is 0 Å². The van der Waals surface area contributed by atoms with Crippen LogP contribution in [0.15, 0.2) is 18.2 Å². The summed E-state index contributed by atoms with van der Waals surface area (Å²) in [7, 11) is 0. The van der Waals surface area contributed by atoms with Gasteiger partial charge in [0.25, 0.3) is 0 Å². The number of carbonyl (C=O) groups is 1. The van der Waals surface area contributed by atoms with Crippen LogP contribution in [0.1, 0.15) is 21.5 Å². The summed E-state index contributed by atoms with van der Waals surface area (Å²) >= 11 is 0. The van der Waals surface area contributed by atoms with E-state index in [1.54, 1.807) is 0 Å². The van der Waals surface area contributed by atoms with Crippen LogP contribution in [0.2, 0.25) is 0 Å². The number of aromatic carboxylic acids is 1.